The number of aromatic nitrogens is 1. The Morgan fingerprint density at radius 2 is 1.80 bits per heavy atom. The molecule has 1 aromatic heterocycles. The lowest BCUT2D eigenvalue weighted by atomic mass is 10.1. The van der Waals surface area contributed by atoms with Gasteiger partial charge in [0.05, 0.1) is 5.52 Å². The molecule has 0 saturated carbocycles. The number of Topliss-reactive ketones (excluding diaryl/α,β-unsaturated/α-hetero) is 1. The van der Waals surface area contributed by atoms with Crippen LogP contribution in [0.5, 0.6) is 0 Å². The molecule has 0 atom stereocenters. The third-order valence-corrected chi connectivity index (χ3v) is 4.12. The van der Waals surface area contributed by atoms with Crippen LogP contribution in [0.4, 0.5) is 5.69 Å². The van der Waals surface area contributed by atoms with Crippen LogP contribution in [-0.4, -0.2) is 16.3 Å². The number of ketones is 1. The van der Waals surface area contributed by atoms with Gasteiger partial charge >= 0.3 is 5.76 Å². The van der Waals surface area contributed by atoms with E-state index in [1.807, 2.05) is 32.0 Å². The Balaban J connectivity index is 1.90. The van der Waals surface area contributed by atoms with Crippen LogP contribution in [0.2, 0.25) is 0 Å². The van der Waals surface area contributed by atoms with Gasteiger partial charge in [0.15, 0.2) is 11.4 Å². The van der Waals surface area contributed by atoms with Gasteiger partial charge in [0, 0.05) is 11.3 Å². The first-order valence-electron chi connectivity index (χ1n) is 7.87. The molecule has 0 fully saturated rings. The van der Waals surface area contributed by atoms with Crippen LogP contribution in [0.25, 0.3) is 11.1 Å². The largest absolute Gasteiger partial charge is 0.420 e. The summed E-state index contributed by atoms with van der Waals surface area (Å²) in [6.45, 7) is 5.09. The second-order valence-corrected chi connectivity index (χ2v) is 6.01. The average molecular weight is 338 g/mol. The van der Waals surface area contributed by atoms with Crippen LogP contribution in [0.15, 0.2) is 45.6 Å². The number of amides is 1. The van der Waals surface area contributed by atoms with Crippen LogP contribution >= 0.6 is 0 Å². The third kappa shape index (κ3) is 3.24. The summed E-state index contributed by atoms with van der Waals surface area (Å²) in [5.74, 6) is -1.07. The van der Waals surface area contributed by atoms with Crippen molar-refractivity contribution in [2.45, 2.75) is 27.3 Å². The van der Waals surface area contributed by atoms with E-state index in [0.29, 0.717) is 11.1 Å². The highest BCUT2D eigenvalue weighted by atomic mass is 16.4. The van der Waals surface area contributed by atoms with Crippen LogP contribution in [0.3, 0.4) is 0 Å². The molecular formula is C19H18N2O4. The van der Waals surface area contributed by atoms with Crippen molar-refractivity contribution in [3.05, 3.63) is 63.6 Å². The van der Waals surface area contributed by atoms with Gasteiger partial charge in [-0.3, -0.25) is 14.2 Å². The summed E-state index contributed by atoms with van der Waals surface area (Å²) in [5.41, 5.74) is 3.86. The second-order valence-electron chi connectivity index (χ2n) is 6.01. The minimum Gasteiger partial charge on any atom is -0.408 e. The molecule has 2 aromatic carbocycles. The molecule has 0 radical (unpaired) electrons. The number of hydrogen-bond donors (Lipinski definition) is 1. The fraction of sp³-hybridized carbons (Fsp3) is 0.211. The van der Waals surface area contributed by atoms with Crippen LogP contribution < -0.4 is 11.1 Å². The first-order valence-corrected chi connectivity index (χ1v) is 7.87. The lowest BCUT2D eigenvalue weighted by molar-refractivity contribution is -0.116. The molecule has 3 rings (SSSR count). The zero-order chi connectivity index (χ0) is 18.1. The van der Waals surface area contributed by atoms with E-state index in [-0.39, 0.29) is 23.8 Å². The molecule has 0 saturated heterocycles. The monoisotopic (exact) mass is 338 g/mol. The summed E-state index contributed by atoms with van der Waals surface area (Å²) in [7, 11) is 0. The number of fused-ring (bicyclic) bond motifs is 1. The summed E-state index contributed by atoms with van der Waals surface area (Å²) < 4.78 is 6.42. The van der Waals surface area contributed by atoms with Gasteiger partial charge in [0.1, 0.15) is 6.54 Å². The first-order chi connectivity index (χ1) is 11.9. The van der Waals surface area contributed by atoms with Gasteiger partial charge in [0.25, 0.3) is 0 Å². The maximum Gasteiger partial charge on any atom is 0.420 e. The van der Waals surface area contributed by atoms with Crippen molar-refractivity contribution in [3.8, 4) is 0 Å². The van der Waals surface area contributed by atoms with Crippen molar-refractivity contribution in [1.29, 1.82) is 0 Å². The van der Waals surface area contributed by atoms with E-state index in [2.05, 4.69) is 5.32 Å². The molecule has 0 aliphatic heterocycles. The zero-order valence-electron chi connectivity index (χ0n) is 14.3. The van der Waals surface area contributed by atoms with Crippen LogP contribution in [0, 0.1) is 13.8 Å². The highest BCUT2D eigenvalue weighted by Crippen LogP contribution is 2.20. The van der Waals surface area contributed by atoms with Gasteiger partial charge in [-0.05, 0) is 50.1 Å². The van der Waals surface area contributed by atoms with E-state index < -0.39 is 5.76 Å². The molecule has 0 spiro atoms. The number of anilines is 1. The van der Waals surface area contributed by atoms with Gasteiger partial charge in [0.2, 0.25) is 5.91 Å². The molecule has 1 N–H and O–H groups in total. The van der Waals surface area contributed by atoms with Crippen LogP contribution in [0.1, 0.15) is 28.4 Å². The van der Waals surface area contributed by atoms with Gasteiger partial charge in [-0.1, -0.05) is 18.2 Å². The summed E-state index contributed by atoms with van der Waals surface area (Å²) in [4.78, 5) is 35.9. The Morgan fingerprint density at radius 3 is 2.44 bits per heavy atom. The molecule has 0 unspecified atom stereocenters. The minimum absolute atomic E-state index is 0.120. The molecular weight excluding hydrogens is 320 g/mol. The summed E-state index contributed by atoms with van der Waals surface area (Å²) in [6, 6.07) is 10.5. The van der Waals surface area contributed by atoms with E-state index in [1.165, 1.54) is 17.6 Å². The number of aryl methyl sites for hydroxylation is 2. The maximum absolute atomic E-state index is 12.4. The van der Waals surface area contributed by atoms with Crippen molar-refractivity contribution in [2.75, 3.05) is 5.32 Å². The van der Waals surface area contributed by atoms with E-state index in [4.69, 9.17) is 4.42 Å². The maximum atomic E-state index is 12.4. The lowest BCUT2D eigenvalue weighted by Crippen LogP contribution is -2.25. The Hall–Kier alpha value is -3.15. The Kier molecular flexibility index (Phi) is 4.27. The number of nitrogens with one attached hydrogen (secondary N) is 1. The zero-order valence-corrected chi connectivity index (χ0v) is 14.3. The van der Waals surface area contributed by atoms with Gasteiger partial charge in [-0.15, -0.1) is 0 Å². The fourth-order valence-corrected chi connectivity index (χ4v) is 2.77. The predicted molar refractivity (Wildman–Crippen MR) is 95.0 cm³/mol. The fourth-order valence-electron chi connectivity index (χ4n) is 2.77. The SMILES string of the molecule is CC(=O)c1ccc2c(c1)oc(=O)n2CC(=O)Nc1c(C)cccc1C. The number of hydrogen-bond acceptors (Lipinski definition) is 4. The Bertz CT molecular complexity index is 1020. The number of rotatable bonds is 4. The topological polar surface area (TPSA) is 81.3 Å². The molecule has 0 aliphatic rings. The molecule has 6 nitrogen and oxygen atoms in total. The number of carbonyl (C=O) groups is 2. The van der Waals surface area contributed by atoms with Crippen molar-refractivity contribution in [3.63, 3.8) is 0 Å². The quantitative estimate of drug-likeness (QED) is 0.741. The van der Waals surface area contributed by atoms with Gasteiger partial charge < -0.3 is 9.73 Å². The van der Waals surface area contributed by atoms with Gasteiger partial charge in [-0.25, -0.2) is 4.79 Å². The summed E-state index contributed by atoms with van der Waals surface area (Å²) in [6.07, 6.45) is 0. The molecule has 1 amide bonds. The predicted octanol–water partition coefficient (Wildman–Crippen LogP) is 3.05. The van der Waals surface area contributed by atoms with Crippen molar-refractivity contribution < 1.29 is 14.0 Å². The first kappa shape index (κ1) is 16.7. The van der Waals surface area contributed by atoms with Crippen molar-refractivity contribution in [1.82, 2.24) is 4.57 Å². The number of oxazole rings is 1. The van der Waals surface area contributed by atoms with E-state index in [1.54, 1.807) is 12.1 Å². The number of nitrogens with zero attached hydrogens (tertiary/aromatic N) is 1. The second kappa shape index (κ2) is 6.39. The molecule has 128 valence electrons. The standard InChI is InChI=1S/C19H18N2O4/c1-11-5-4-6-12(2)18(11)20-17(23)10-21-15-8-7-14(13(3)22)9-16(15)25-19(21)24/h4-9H,10H2,1-3H3,(H,20,23). The average Bonchev–Trinajstić information content (AvgIpc) is 2.86. The van der Waals surface area contributed by atoms with Gasteiger partial charge in [-0.2, -0.15) is 0 Å². The number of benzene rings is 2. The smallest absolute Gasteiger partial charge is 0.408 e. The van der Waals surface area contributed by atoms with E-state index in [9.17, 15) is 14.4 Å². The molecule has 0 aliphatic carbocycles. The molecule has 3 aromatic rings. The molecule has 1 heterocycles. The van der Waals surface area contributed by atoms with Crippen LogP contribution in [-0.2, 0) is 11.3 Å². The summed E-state index contributed by atoms with van der Waals surface area (Å²) in [5, 5.41) is 2.84. The number of carbonyl (C=O) groups excluding carboxylic acids is 2. The Labute approximate surface area is 144 Å². The van der Waals surface area contributed by atoms with Crippen molar-refractivity contribution >= 4 is 28.5 Å². The Morgan fingerprint density at radius 1 is 1.12 bits per heavy atom. The molecule has 6 heteroatoms. The number of para-hydroxylation sites is 1. The highest BCUT2D eigenvalue weighted by Gasteiger charge is 2.15. The van der Waals surface area contributed by atoms with Crippen molar-refractivity contribution in [2.24, 2.45) is 0 Å². The molecule has 25 heavy (non-hydrogen) atoms. The minimum atomic E-state index is -0.632. The summed E-state index contributed by atoms with van der Waals surface area (Å²) >= 11 is 0. The normalized spacial score (nSPS) is 10.8. The highest BCUT2D eigenvalue weighted by molar-refractivity contribution is 5.97. The third-order valence-electron chi connectivity index (χ3n) is 4.12. The lowest BCUT2D eigenvalue weighted by Gasteiger charge is -2.11. The van der Waals surface area contributed by atoms with E-state index >= 15 is 0 Å². The molecule has 0 bridgehead atoms. The van der Waals surface area contributed by atoms with E-state index in [0.717, 1.165) is 16.8 Å².